The first-order valence-electron chi connectivity index (χ1n) is 1.87. The van der Waals surface area contributed by atoms with Crippen molar-refractivity contribution >= 4 is 11.9 Å². The van der Waals surface area contributed by atoms with Gasteiger partial charge in [0.15, 0.2) is 0 Å². The largest absolute Gasteiger partial charge is 0.329 e. The summed E-state index contributed by atoms with van der Waals surface area (Å²) in [7, 11) is 0. The van der Waals surface area contributed by atoms with Crippen molar-refractivity contribution in [2.24, 2.45) is 0 Å². The third-order valence-electron chi connectivity index (χ3n) is 0.662. The smallest absolute Gasteiger partial charge is 0.321 e. The van der Waals surface area contributed by atoms with Gasteiger partial charge in [0.1, 0.15) is 0 Å². The Balaban J connectivity index is 0.000000490. The molecule has 0 bridgehead atoms. The lowest BCUT2D eigenvalue weighted by Crippen LogP contribution is -2.22. The standard InChI is InChI=1S/C3H4N2O2.N/c6-2-1-4-3(7)5-2;/h1H2,(H2,4,5,6,7);. The maximum Gasteiger partial charge on any atom is 0.321 e. The lowest BCUT2D eigenvalue weighted by atomic mass is 10.7. The topological polar surface area (TPSA) is 88.7 Å². The predicted molar refractivity (Wildman–Crippen MR) is 23.7 cm³/mol. The number of nitrogens with zero attached hydrogens (tertiary/aromatic N) is 1. The summed E-state index contributed by atoms with van der Waals surface area (Å²) in [5, 5.41) is 4.30. The van der Waals surface area contributed by atoms with Crippen molar-refractivity contribution in [1.82, 2.24) is 16.8 Å². The minimum absolute atomic E-state index is 0. The van der Waals surface area contributed by atoms with Gasteiger partial charge in [-0.25, -0.2) is 4.79 Å². The highest BCUT2D eigenvalue weighted by Gasteiger charge is 2.14. The Bertz CT molecular complexity index is 108. The number of hydrogen-bond acceptors (Lipinski definition) is 2. The minimum Gasteiger partial charge on any atom is -0.329 e. The van der Waals surface area contributed by atoms with Crippen LogP contribution in [0, 0.1) is 0 Å². The van der Waals surface area contributed by atoms with E-state index in [4.69, 9.17) is 0 Å². The number of amides is 3. The molecule has 3 amide bonds. The summed E-state index contributed by atoms with van der Waals surface area (Å²) in [6.45, 7) is 0.124. The first-order valence-corrected chi connectivity index (χ1v) is 1.87. The van der Waals surface area contributed by atoms with E-state index in [0.717, 1.165) is 0 Å². The van der Waals surface area contributed by atoms with Crippen LogP contribution in [0.4, 0.5) is 4.79 Å². The second kappa shape index (κ2) is 2.27. The van der Waals surface area contributed by atoms with E-state index in [0.29, 0.717) is 0 Å². The van der Waals surface area contributed by atoms with Gasteiger partial charge in [-0.15, -0.1) is 0 Å². The molecule has 5 heteroatoms. The Morgan fingerprint density at radius 3 is 2.12 bits per heavy atom. The lowest BCUT2D eigenvalue weighted by molar-refractivity contribution is -0.117. The van der Waals surface area contributed by atoms with E-state index in [1.54, 1.807) is 0 Å². The molecule has 1 aliphatic rings. The Kier molecular flexibility index (Phi) is 1.96. The molecule has 0 unspecified atom stereocenters. The lowest BCUT2D eigenvalue weighted by Gasteiger charge is -1.78. The fraction of sp³-hybridized carbons (Fsp3) is 0.333. The van der Waals surface area contributed by atoms with Gasteiger partial charge in [-0.2, -0.15) is 0 Å². The first kappa shape index (κ1) is 6.90. The number of nitrogens with one attached hydrogen (secondary N) is 2. The fourth-order valence-electron chi connectivity index (χ4n) is 0.376. The SMILES string of the molecule is O=C1CNC(=O)N1.[N]. The van der Waals surface area contributed by atoms with Crippen LogP contribution in [0.2, 0.25) is 0 Å². The molecule has 1 aliphatic heterocycles. The maximum absolute atomic E-state index is 10.1. The molecule has 0 spiro atoms. The number of carbonyl (C=O) groups excluding carboxylic acids is 2. The van der Waals surface area contributed by atoms with Crippen LogP contribution in [0.5, 0.6) is 0 Å². The summed E-state index contributed by atoms with van der Waals surface area (Å²) in [6, 6.07) is -0.398. The molecule has 0 atom stereocenters. The van der Waals surface area contributed by atoms with E-state index in [-0.39, 0.29) is 18.6 Å². The van der Waals surface area contributed by atoms with Gasteiger partial charge >= 0.3 is 6.03 Å². The number of imide groups is 1. The molecule has 5 nitrogen and oxygen atoms in total. The molecular weight excluding hydrogens is 110 g/mol. The molecule has 3 radical (unpaired) electrons. The summed E-state index contributed by atoms with van der Waals surface area (Å²) in [5.41, 5.74) is 0. The monoisotopic (exact) mass is 114 g/mol. The van der Waals surface area contributed by atoms with Crippen LogP contribution in [0.1, 0.15) is 0 Å². The molecule has 0 aliphatic carbocycles. The molecule has 2 N–H and O–H groups in total. The molecule has 43 valence electrons. The van der Waals surface area contributed by atoms with Crippen molar-refractivity contribution in [1.29, 1.82) is 0 Å². The Hall–Kier alpha value is -1.10. The third-order valence-corrected chi connectivity index (χ3v) is 0.662. The zero-order valence-corrected chi connectivity index (χ0v) is 3.97. The van der Waals surface area contributed by atoms with Crippen LogP contribution in [-0.2, 0) is 4.79 Å². The molecule has 1 fully saturated rings. The van der Waals surface area contributed by atoms with Crippen LogP contribution < -0.4 is 16.8 Å². The summed E-state index contributed by atoms with van der Waals surface area (Å²) in [6.07, 6.45) is 0. The number of rotatable bonds is 0. The Labute approximate surface area is 46.0 Å². The van der Waals surface area contributed by atoms with Crippen LogP contribution >= 0.6 is 0 Å². The van der Waals surface area contributed by atoms with Crippen molar-refractivity contribution < 1.29 is 9.59 Å². The molecule has 0 saturated carbocycles. The summed E-state index contributed by atoms with van der Waals surface area (Å²) in [5.74, 6) is -0.259. The van der Waals surface area contributed by atoms with E-state index in [1.165, 1.54) is 0 Å². The molecule has 0 aromatic rings. The highest BCUT2D eigenvalue weighted by atomic mass is 16.2. The molecule has 0 aromatic heterocycles. The number of urea groups is 1. The van der Waals surface area contributed by atoms with E-state index in [1.807, 2.05) is 5.32 Å². The van der Waals surface area contributed by atoms with Gasteiger partial charge in [-0.1, -0.05) is 0 Å². The second-order valence-corrected chi connectivity index (χ2v) is 1.23. The van der Waals surface area contributed by atoms with Crippen molar-refractivity contribution in [2.45, 2.75) is 0 Å². The van der Waals surface area contributed by atoms with Crippen molar-refractivity contribution in [3.63, 3.8) is 0 Å². The van der Waals surface area contributed by atoms with Crippen molar-refractivity contribution in [3.8, 4) is 0 Å². The van der Waals surface area contributed by atoms with Crippen molar-refractivity contribution in [3.05, 3.63) is 0 Å². The highest BCUT2D eigenvalue weighted by molar-refractivity contribution is 6.01. The minimum atomic E-state index is -0.398. The van der Waals surface area contributed by atoms with Crippen LogP contribution in [0.15, 0.2) is 0 Å². The first-order chi connectivity index (χ1) is 3.29. The average molecular weight is 114 g/mol. The molecule has 1 rings (SSSR count). The van der Waals surface area contributed by atoms with Gasteiger partial charge in [0.2, 0.25) is 5.91 Å². The molecule has 0 aromatic carbocycles. The Morgan fingerprint density at radius 1 is 1.38 bits per heavy atom. The number of carbonyl (C=O) groups is 2. The van der Waals surface area contributed by atoms with E-state index >= 15 is 0 Å². The molecular formula is C3H4N3O2. The van der Waals surface area contributed by atoms with Gasteiger partial charge < -0.3 is 5.32 Å². The predicted octanol–water partition coefficient (Wildman–Crippen LogP) is -1.65. The second-order valence-electron chi connectivity index (χ2n) is 1.23. The number of hydrogen-bond donors (Lipinski definition) is 2. The van der Waals surface area contributed by atoms with Gasteiger partial charge in [-0.05, 0) is 0 Å². The molecule has 1 saturated heterocycles. The summed E-state index contributed by atoms with van der Waals surface area (Å²) >= 11 is 0. The maximum atomic E-state index is 10.1. The van der Waals surface area contributed by atoms with Crippen LogP contribution in [0.25, 0.3) is 0 Å². The average Bonchev–Trinajstić information content (AvgIpc) is 1.87. The normalized spacial score (nSPS) is 16.5. The van der Waals surface area contributed by atoms with Crippen LogP contribution in [0.3, 0.4) is 0 Å². The van der Waals surface area contributed by atoms with Crippen LogP contribution in [-0.4, -0.2) is 18.5 Å². The van der Waals surface area contributed by atoms with Gasteiger partial charge in [0, 0.05) is 6.15 Å². The molecule has 8 heavy (non-hydrogen) atoms. The summed E-state index contributed by atoms with van der Waals surface area (Å²) < 4.78 is 0. The zero-order valence-electron chi connectivity index (χ0n) is 3.97. The summed E-state index contributed by atoms with van der Waals surface area (Å²) in [4.78, 5) is 20.1. The van der Waals surface area contributed by atoms with E-state index in [2.05, 4.69) is 5.32 Å². The van der Waals surface area contributed by atoms with E-state index in [9.17, 15) is 9.59 Å². The fourth-order valence-corrected chi connectivity index (χ4v) is 0.376. The van der Waals surface area contributed by atoms with Gasteiger partial charge in [0.25, 0.3) is 0 Å². The van der Waals surface area contributed by atoms with Gasteiger partial charge in [0.05, 0.1) is 6.54 Å². The highest BCUT2D eigenvalue weighted by Crippen LogP contribution is 1.73. The third kappa shape index (κ3) is 1.19. The molecule has 1 heterocycles. The zero-order chi connectivity index (χ0) is 5.28. The van der Waals surface area contributed by atoms with Gasteiger partial charge in [-0.3, -0.25) is 10.1 Å². The van der Waals surface area contributed by atoms with Crippen molar-refractivity contribution in [2.75, 3.05) is 6.54 Å². The quantitative estimate of drug-likeness (QED) is 0.369. The van der Waals surface area contributed by atoms with E-state index < -0.39 is 6.03 Å². The Morgan fingerprint density at radius 2 is 2.00 bits per heavy atom.